The van der Waals surface area contributed by atoms with Gasteiger partial charge in [-0.15, -0.1) is 0 Å². The predicted molar refractivity (Wildman–Crippen MR) is 99.8 cm³/mol. The first-order chi connectivity index (χ1) is 12.3. The van der Waals surface area contributed by atoms with Crippen molar-refractivity contribution in [2.24, 2.45) is 0 Å². The second-order valence-electron chi connectivity index (χ2n) is 5.41. The van der Waals surface area contributed by atoms with Gasteiger partial charge in [0, 0.05) is 0 Å². The zero-order chi connectivity index (χ0) is 17.5. The summed E-state index contributed by atoms with van der Waals surface area (Å²) in [5.74, 6) is 0.499. The van der Waals surface area contributed by atoms with Crippen LogP contribution in [0.1, 0.15) is 21.5 Å². The molecule has 0 aliphatic carbocycles. The fourth-order valence-corrected chi connectivity index (χ4v) is 2.36. The third-order valence-corrected chi connectivity index (χ3v) is 3.67. The highest BCUT2D eigenvalue weighted by Gasteiger charge is 2.12. The van der Waals surface area contributed by atoms with Crippen molar-refractivity contribution in [3.8, 4) is 11.5 Å². The Morgan fingerprint density at radius 3 is 2.08 bits per heavy atom. The third kappa shape index (κ3) is 4.36. The zero-order valence-electron chi connectivity index (χ0n) is 13.9. The molecule has 3 aromatic carbocycles. The SMILES string of the molecule is COc1cc(C=Cc2ccccc2)ccc1OC(=O)c1ccccc1. The molecule has 0 N–H and O–H groups in total. The number of hydrogen-bond acceptors (Lipinski definition) is 3. The Hall–Kier alpha value is -3.33. The predicted octanol–water partition coefficient (Wildman–Crippen LogP) is 5.08. The van der Waals surface area contributed by atoms with Gasteiger partial charge in [-0.25, -0.2) is 4.79 Å². The summed E-state index contributed by atoms with van der Waals surface area (Å²) in [4.78, 5) is 12.2. The third-order valence-electron chi connectivity index (χ3n) is 3.67. The first-order valence-corrected chi connectivity index (χ1v) is 7.94. The molecule has 0 saturated carbocycles. The van der Waals surface area contributed by atoms with Crippen molar-refractivity contribution in [1.82, 2.24) is 0 Å². The Morgan fingerprint density at radius 2 is 1.40 bits per heavy atom. The second-order valence-corrected chi connectivity index (χ2v) is 5.41. The molecule has 0 unspecified atom stereocenters. The molecule has 0 aliphatic heterocycles. The maximum absolute atomic E-state index is 12.2. The molecule has 0 fully saturated rings. The molecule has 3 heteroatoms. The maximum atomic E-state index is 12.2. The lowest BCUT2D eigenvalue weighted by atomic mass is 10.1. The first-order valence-electron chi connectivity index (χ1n) is 7.94. The van der Waals surface area contributed by atoms with Crippen LogP contribution in [0.25, 0.3) is 12.2 Å². The minimum Gasteiger partial charge on any atom is -0.493 e. The number of esters is 1. The lowest BCUT2D eigenvalue weighted by molar-refractivity contribution is 0.0729. The molecular weight excluding hydrogens is 312 g/mol. The van der Waals surface area contributed by atoms with E-state index in [0.29, 0.717) is 17.1 Å². The topological polar surface area (TPSA) is 35.5 Å². The van der Waals surface area contributed by atoms with Gasteiger partial charge in [-0.2, -0.15) is 0 Å². The molecule has 0 amide bonds. The summed E-state index contributed by atoms with van der Waals surface area (Å²) < 4.78 is 10.8. The van der Waals surface area contributed by atoms with Crippen LogP contribution in [0.2, 0.25) is 0 Å². The van der Waals surface area contributed by atoms with Crippen LogP contribution in [-0.4, -0.2) is 13.1 Å². The summed E-state index contributed by atoms with van der Waals surface area (Å²) in [6.45, 7) is 0. The van der Waals surface area contributed by atoms with Crippen molar-refractivity contribution >= 4 is 18.1 Å². The van der Waals surface area contributed by atoms with Gasteiger partial charge in [0.1, 0.15) is 0 Å². The van der Waals surface area contributed by atoms with Crippen LogP contribution in [0.15, 0.2) is 78.9 Å². The molecule has 3 rings (SSSR count). The maximum Gasteiger partial charge on any atom is 0.343 e. The van der Waals surface area contributed by atoms with Gasteiger partial charge in [-0.1, -0.05) is 66.7 Å². The molecule has 3 nitrogen and oxygen atoms in total. The van der Waals surface area contributed by atoms with Crippen molar-refractivity contribution in [3.63, 3.8) is 0 Å². The fourth-order valence-electron chi connectivity index (χ4n) is 2.36. The summed E-state index contributed by atoms with van der Waals surface area (Å²) in [5, 5.41) is 0. The van der Waals surface area contributed by atoms with Crippen molar-refractivity contribution in [3.05, 3.63) is 95.6 Å². The molecule has 0 radical (unpaired) electrons. The lowest BCUT2D eigenvalue weighted by Crippen LogP contribution is -2.09. The van der Waals surface area contributed by atoms with E-state index in [4.69, 9.17) is 9.47 Å². The second kappa shape index (κ2) is 7.97. The molecular formula is C22H18O3. The number of carbonyl (C=O) groups is 1. The summed E-state index contributed by atoms with van der Waals surface area (Å²) >= 11 is 0. The van der Waals surface area contributed by atoms with E-state index in [9.17, 15) is 4.79 Å². The highest BCUT2D eigenvalue weighted by Crippen LogP contribution is 2.29. The molecule has 0 saturated heterocycles. The van der Waals surface area contributed by atoms with Crippen LogP contribution < -0.4 is 9.47 Å². The van der Waals surface area contributed by atoms with Gasteiger partial charge in [-0.05, 0) is 35.4 Å². The summed E-state index contributed by atoms with van der Waals surface area (Å²) in [6.07, 6.45) is 4.01. The Kier molecular flexibility index (Phi) is 5.27. The largest absolute Gasteiger partial charge is 0.493 e. The quantitative estimate of drug-likeness (QED) is 0.371. The van der Waals surface area contributed by atoms with Gasteiger partial charge in [0.2, 0.25) is 0 Å². The molecule has 0 spiro atoms. The van der Waals surface area contributed by atoms with Gasteiger partial charge < -0.3 is 9.47 Å². The number of carbonyl (C=O) groups excluding carboxylic acids is 1. The minimum atomic E-state index is -0.411. The van der Waals surface area contributed by atoms with Crippen LogP contribution in [0.3, 0.4) is 0 Å². The summed E-state index contributed by atoms with van der Waals surface area (Å²) in [5.41, 5.74) is 2.57. The summed E-state index contributed by atoms with van der Waals surface area (Å²) in [7, 11) is 1.56. The number of methoxy groups -OCH3 is 1. The standard InChI is InChI=1S/C22H18O3/c1-24-21-16-18(13-12-17-8-4-2-5-9-17)14-15-20(21)25-22(23)19-10-6-3-7-11-19/h2-16H,1H3. The van der Waals surface area contributed by atoms with Crippen molar-refractivity contribution in [2.45, 2.75) is 0 Å². The van der Waals surface area contributed by atoms with Crippen LogP contribution in [0, 0.1) is 0 Å². The van der Waals surface area contributed by atoms with E-state index in [-0.39, 0.29) is 0 Å². The average Bonchev–Trinajstić information content (AvgIpc) is 2.68. The smallest absolute Gasteiger partial charge is 0.343 e. The van der Waals surface area contributed by atoms with E-state index >= 15 is 0 Å². The number of rotatable bonds is 5. The Labute approximate surface area is 147 Å². The van der Waals surface area contributed by atoms with Crippen LogP contribution in [0.4, 0.5) is 0 Å². The Bertz CT molecular complexity index is 868. The van der Waals surface area contributed by atoms with E-state index in [1.54, 1.807) is 37.4 Å². The molecule has 0 bridgehead atoms. The van der Waals surface area contributed by atoms with Crippen molar-refractivity contribution in [2.75, 3.05) is 7.11 Å². The zero-order valence-corrected chi connectivity index (χ0v) is 13.9. The monoisotopic (exact) mass is 330 g/mol. The molecule has 0 heterocycles. The molecule has 124 valence electrons. The minimum absolute atomic E-state index is 0.396. The highest BCUT2D eigenvalue weighted by molar-refractivity contribution is 5.91. The van der Waals surface area contributed by atoms with Crippen molar-refractivity contribution < 1.29 is 14.3 Å². The average molecular weight is 330 g/mol. The van der Waals surface area contributed by atoms with E-state index in [1.165, 1.54) is 0 Å². The lowest BCUT2D eigenvalue weighted by Gasteiger charge is -2.10. The number of hydrogen-bond donors (Lipinski definition) is 0. The Balaban J connectivity index is 1.78. The Morgan fingerprint density at radius 1 is 0.760 bits per heavy atom. The van der Waals surface area contributed by atoms with Gasteiger partial charge in [0.15, 0.2) is 11.5 Å². The van der Waals surface area contributed by atoms with E-state index in [0.717, 1.165) is 11.1 Å². The van der Waals surface area contributed by atoms with E-state index in [2.05, 4.69) is 0 Å². The molecule has 0 aromatic heterocycles. The molecule has 25 heavy (non-hydrogen) atoms. The van der Waals surface area contributed by atoms with E-state index < -0.39 is 5.97 Å². The normalized spacial score (nSPS) is 10.6. The van der Waals surface area contributed by atoms with E-state index in [1.807, 2.05) is 60.7 Å². The molecule has 0 atom stereocenters. The van der Waals surface area contributed by atoms with Crippen LogP contribution in [-0.2, 0) is 0 Å². The molecule has 3 aromatic rings. The van der Waals surface area contributed by atoms with Crippen LogP contribution >= 0.6 is 0 Å². The number of benzene rings is 3. The fraction of sp³-hybridized carbons (Fsp3) is 0.0455. The van der Waals surface area contributed by atoms with Crippen LogP contribution in [0.5, 0.6) is 11.5 Å². The highest BCUT2D eigenvalue weighted by atomic mass is 16.6. The number of ether oxygens (including phenoxy) is 2. The summed E-state index contributed by atoms with van der Waals surface area (Å²) in [6, 6.07) is 24.4. The van der Waals surface area contributed by atoms with Gasteiger partial charge in [0.25, 0.3) is 0 Å². The van der Waals surface area contributed by atoms with Gasteiger partial charge in [0.05, 0.1) is 12.7 Å². The van der Waals surface area contributed by atoms with Gasteiger partial charge in [-0.3, -0.25) is 0 Å². The van der Waals surface area contributed by atoms with Gasteiger partial charge >= 0.3 is 5.97 Å². The first kappa shape index (κ1) is 16.5. The van der Waals surface area contributed by atoms with Crippen molar-refractivity contribution in [1.29, 1.82) is 0 Å². The molecule has 0 aliphatic rings.